The predicted octanol–water partition coefficient (Wildman–Crippen LogP) is 0.975. The molecule has 6 nitrogen and oxygen atoms in total. The molecule has 68 valence electrons. The van der Waals surface area contributed by atoms with Gasteiger partial charge in [-0.2, -0.15) is 0 Å². The van der Waals surface area contributed by atoms with Gasteiger partial charge in [0.2, 0.25) is 0 Å². The van der Waals surface area contributed by atoms with Crippen molar-refractivity contribution in [2.75, 3.05) is 0 Å². The van der Waals surface area contributed by atoms with Crippen LogP contribution in [-0.4, -0.2) is 15.1 Å². The van der Waals surface area contributed by atoms with E-state index in [2.05, 4.69) is 4.98 Å². The molecule has 0 aromatic carbocycles. The van der Waals surface area contributed by atoms with Crippen LogP contribution < -0.4 is 5.73 Å². The maximum absolute atomic E-state index is 10.4. The Morgan fingerprint density at radius 2 is 2.46 bits per heavy atom. The van der Waals surface area contributed by atoms with Crippen LogP contribution in [0.1, 0.15) is 0 Å². The highest BCUT2D eigenvalue weighted by atomic mass is 32.2. The number of amidine groups is 1. The standard InChI is InChI=1S/C6H6N4O2S/c7-6(8)13-5-4(10(11)12)2-1-3-9-5/h1-3H,(H3,7,8). The number of nitrogens with one attached hydrogen (secondary N) is 1. The molecule has 1 aromatic rings. The molecule has 0 saturated carbocycles. The zero-order valence-electron chi connectivity index (χ0n) is 6.43. The molecule has 0 fully saturated rings. The summed E-state index contributed by atoms with van der Waals surface area (Å²) in [6.45, 7) is 0. The summed E-state index contributed by atoms with van der Waals surface area (Å²) in [6, 6.07) is 2.78. The molecule has 0 saturated heterocycles. The first kappa shape index (κ1) is 9.46. The molecule has 0 spiro atoms. The molecule has 0 atom stereocenters. The van der Waals surface area contributed by atoms with E-state index in [4.69, 9.17) is 11.1 Å². The van der Waals surface area contributed by atoms with Crippen LogP contribution >= 0.6 is 11.8 Å². The molecule has 0 amide bonds. The first-order chi connectivity index (χ1) is 6.11. The van der Waals surface area contributed by atoms with E-state index in [0.717, 1.165) is 11.8 Å². The SMILES string of the molecule is N=C(N)Sc1ncccc1[N+](=O)[O-]. The first-order valence-electron chi connectivity index (χ1n) is 3.22. The lowest BCUT2D eigenvalue weighted by Crippen LogP contribution is -2.04. The molecule has 0 radical (unpaired) electrons. The van der Waals surface area contributed by atoms with Crippen molar-refractivity contribution in [2.24, 2.45) is 5.73 Å². The van der Waals surface area contributed by atoms with Gasteiger partial charge in [-0.25, -0.2) is 4.98 Å². The minimum absolute atomic E-state index is 0.136. The highest BCUT2D eigenvalue weighted by Crippen LogP contribution is 2.25. The molecule has 0 unspecified atom stereocenters. The lowest BCUT2D eigenvalue weighted by Gasteiger charge is -1.97. The topological polar surface area (TPSA) is 106 Å². The van der Waals surface area contributed by atoms with Crippen LogP contribution in [0.15, 0.2) is 23.4 Å². The average molecular weight is 198 g/mol. The van der Waals surface area contributed by atoms with Gasteiger partial charge in [-0.1, -0.05) is 0 Å². The van der Waals surface area contributed by atoms with Gasteiger partial charge < -0.3 is 5.73 Å². The van der Waals surface area contributed by atoms with Crippen LogP contribution in [-0.2, 0) is 0 Å². The fourth-order valence-electron chi connectivity index (χ4n) is 0.704. The van der Waals surface area contributed by atoms with Gasteiger partial charge in [0, 0.05) is 12.3 Å². The number of hydrogen-bond acceptors (Lipinski definition) is 5. The van der Waals surface area contributed by atoms with Crippen LogP contribution in [0, 0.1) is 15.5 Å². The first-order valence-corrected chi connectivity index (χ1v) is 4.04. The van der Waals surface area contributed by atoms with E-state index < -0.39 is 4.92 Å². The highest BCUT2D eigenvalue weighted by molar-refractivity contribution is 8.13. The molecule has 0 bridgehead atoms. The van der Waals surface area contributed by atoms with Gasteiger partial charge >= 0.3 is 5.69 Å². The van der Waals surface area contributed by atoms with Crippen LogP contribution in [0.2, 0.25) is 0 Å². The van der Waals surface area contributed by atoms with Gasteiger partial charge in [0.05, 0.1) is 4.92 Å². The summed E-state index contributed by atoms with van der Waals surface area (Å²) in [6.07, 6.45) is 1.41. The van der Waals surface area contributed by atoms with Crippen molar-refractivity contribution in [3.63, 3.8) is 0 Å². The molecule has 0 aliphatic carbocycles. The second-order valence-electron chi connectivity index (χ2n) is 2.05. The van der Waals surface area contributed by atoms with E-state index in [1.165, 1.54) is 18.3 Å². The van der Waals surface area contributed by atoms with Gasteiger partial charge in [0.1, 0.15) is 0 Å². The molecule has 13 heavy (non-hydrogen) atoms. The summed E-state index contributed by atoms with van der Waals surface area (Å²) in [5, 5.41) is 17.3. The Bertz CT molecular complexity index is 354. The predicted molar refractivity (Wildman–Crippen MR) is 48.7 cm³/mol. The number of nitrogens with zero attached hydrogens (tertiary/aromatic N) is 2. The normalized spacial score (nSPS) is 9.54. The fraction of sp³-hybridized carbons (Fsp3) is 0. The Labute approximate surface area is 77.8 Å². The molecular formula is C6H6N4O2S. The highest BCUT2D eigenvalue weighted by Gasteiger charge is 2.14. The van der Waals surface area contributed by atoms with Crippen molar-refractivity contribution in [3.05, 3.63) is 28.4 Å². The van der Waals surface area contributed by atoms with E-state index in [0.29, 0.717) is 0 Å². The summed E-state index contributed by atoms with van der Waals surface area (Å²) in [5.74, 6) is 0. The number of thioether (sulfide) groups is 1. The van der Waals surface area contributed by atoms with Crippen molar-refractivity contribution < 1.29 is 4.92 Å². The van der Waals surface area contributed by atoms with Crippen molar-refractivity contribution in [1.29, 1.82) is 5.41 Å². The lowest BCUT2D eigenvalue weighted by molar-refractivity contribution is -0.388. The van der Waals surface area contributed by atoms with Gasteiger partial charge in [-0.05, 0) is 17.8 Å². The minimum atomic E-state index is -0.557. The maximum Gasteiger partial charge on any atom is 0.301 e. The zero-order chi connectivity index (χ0) is 9.84. The smallest absolute Gasteiger partial charge is 0.301 e. The lowest BCUT2D eigenvalue weighted by atomic mass is 10.4. The molecule has 1 heterocycles. The summed E-state index contributed by atoms with van der Waals surface area (Å²) < 4.78 is 0. The van der Waals surface area contributed by atoms with Crippen molar-refractivity contribution in [2.45, 2.75) is 5.03 Å². The fourth-order valence-corrected chi connectivity index (χ4v) is 1.27. The van der Waals surface area contributed by atoms with E-state index in [1.54, 1.807) is 0 Å². The van der Waals surface area contributed by atoms with E-state index >= 15 is 0 Å². The molecule has 3 N–H and O–H groups in total. The van der Waals surface area contributed by atoms with Gasteiger partial charge in [0.15, 0.2) is 10.2 Å². The Morgan fingerprint density at radius 3 is 3.00 bits per heavy atom. The molecule has 0 aliphatic heterocycles. The number of nitro groups is 1. The third-order valence-corrected chi connectivity index (χ3v) is 1.88. The maximum atomic E-state index is 10.4. The van der Waals surface area contributed by atoms with E-state index in [1.807, 2.05) is 0 Å². The quantitative estimate of drug-likeness (QED) is 0.242. The molecule has 7 heteroatoms. The van der Waals surface area contributed by atoms with E-state index in [9.17, 15) is 10.1 Å². The van der Waals surface area contributed by atoms with Gasteiger partial charge in [0.25, 0.3) is 0 Å². The summed E-state index contributed by atoms with van der Waals surface area (Å²) >= 11 is 0.762. The number of pyridine rings is 1. The average Bonchev–Trinajstić information content (AvgIpc) is 2.03. The van der Waals surface area contributed by atoms with Gasteiger partial charge in [-0.15, -0.1) is 0 Å². The summed E-state index contributed by atoms with van der Waals surface area (Å²) in [4.78, 5) is 13.6. The third-order valence-electron chi connectivity index (χ3n) is 1.15. The Hall–Kier alpha value is -1.63. The molecule has 0 aliphatic rings. The number of aromatic nitrogens is 1. The summed E-state index contributed by atoms with van der Waals surface area (Å²) in [7, 11) is 0. The van der Waals surface area contributed by atoms with Crippen LogP contribution in [0.3, 0.4) is 0 Å². The molecular weight excluding hydrogens is 192 g/mol. The second kappa shape index (κ2) is 3.85. The third kappa shape index (κ3) is 2.41. The van der Waals surface area contributed by atoms with Crippen molar-refractivity contribution in [1.82, 2.24) is 4.98 Å². The Balaban J connectivity index is 3.04. The zero-order valence-corrected chi connectivity index (χ0v) is 7.25. The largest absolute Gasteiger partial charge is 0.378 e. The molecule has 1 aromatic heterocycles. The van der Waals surface area contributed by atoms with Crippen molar-refractivity contribution >= 4 is 22.6 Å². The molecule has 1 rings (SSSR count). The van der Waals surface area contributed by atoms with E-state index in [-0.39, 0.29) is 15.9 Å². The second-order valence-corrected chi connectivity index (χ2v) is 3.08. The number of rotatable bonds is 2. The summed E-state index contributed by atoms with van der Waals surface area (Å²) in [5.41, 5.74) is 4.94. The van der Waals surface area contributed by atoms with Crippen LogP contribution in [0.4, 0.5) is 5.69 Å². The number of nitrogens with two attached hydrogens (primary N) is 1. The minimum Gasteiger partial charge on any atom is -0.378 e. The van der Waals surface area contributed by atoms with Gasteiger partial charge in [-0.3, -0.25) is 15.5 Å². The monoisotopic (exact) mass is 198 g/mol. The van der Waals surface area contributed by atoms with Crippen LogP contribution in [0.25, 0.3) is 0 Å². The van der Waals surface area contributed by atoms with Crippen LogP contribution in [0.5, 0.6) is 0 Å². The number of hydrogen-bond donors (Lipinski definition) is 2. The Kier molecular flexibility index (Phi) is 2.80. The van der Waals surface area contributed by atoms with Crippen molar-refractivity contribution in [3.8, 4) is 0 Å². The Morgan fingerprint density at radius 1 is 1.77 bits per heavy atom.